The van der Waals surface area contributed by atoms with Crippen LogP contribution < -0.4 is 0 Å². The summed E-state index contributed by atoms with van der Waals surface area (Å²) in [5.41, 5.74) is 12.4. The van der Waals surface area contributed by atoms with Crippen molar-refractivity contribution in [3.8, 4) is 39.9 Å². The van der Waals surface area contributed by atoms with E-state index in [0.717, 1.165) is 54.9 Å². The Balaban J connectivity index is 1.19. The van der Waals surface area contributed by atoms with Gasteiger partial charge in [0.25, 0.3) is 0 Å². The largest absolute Gasteiger partial charge is 0.456 e. The molecule has 0 unspecified atom stereocenters. The van der Waals surface area contributed by atoms with Crippen LogP contribution >= 0.6 is 0 Å². The Bertz CT molecular complexity index is 3310. The molecular formula is C52H32N4O. The number of benzene rings is 8. The lowest BCUT2D eigenvalue weighted by Crippen LogP contribution is -2.28. The van der Waals surface area contributed by atoms with E-state index in [-0.39, 0.29) is 0 Å². The van der Waals surface area contributed by atoms with E-state index >= 15 is 0 Å². The zero-order chi connectivity index (χ0) is 37.5. The molecule has 3 heterocycles. The standard InChI is InChI=1S/C52H32N4O/c1-4-17-33(18-5-1)49-53-50(39-26-16-30-47-48(39)38-25-12-15-29-46(38)57-47)55-51(54-49)56-44-28-14-11-24-37(44)41-31-43-40(32-45(41)56)36-23-10-13-27-42(36)52(43,34-19-6-2-7-20-34)35-21-8-3-9-22-35/h1-32H. The molecule has 0 N–H and O–H groups in total. The van der Waals surface area contributed by atoms with Crippen LogP contribution in [0.3, 0.4) is 0 Å². The Kier molecular flexibility index (Phi) is 6.78. The minimum absolute atomic E-state index is 0.515. The van der Waals surface area contributed by atoms with Crippen molar-refractivity contribution in [1.29, 1.82) is 0 Å². The summed E-state index contributed by atoms with van der Waals surface area (Å²) in [5, 5.41) is 4.28. The monoisotopic (exact) mass is 728 g/mol. The van der Waals surface area contributed by atoms with Gasteiger partial charge in [0.05, 0.1) is 16.4 Å². The number of fused-ring (bicyclic) bond motifs is 9. The van der Waals surface area contributed by atoms with Crippen molar-refractivity contribution in [3.05, 3.63) is 216 Å². The highest BCUT2D eigenvalue weighted by Crippen LogP contribution is 2.57. The maximum atomic E-state index is 6.32. The second kappa shape index (κ2) is 12.2. The number of nitrogens with zero attached hydrogens (tertiary/aromatic N) is 4. The lowest BCUT2D eigenvalue weighted by molar-refractivity contribution is 0.669. The van der Waals surface area contributed by atoms with Gasteiger partial charge in [-0.3, -0.25) is 4.57 Å². The normalized spacial score (nSPS) is 13.1. The molecule has 5 heteroatoms. The molecule has 0 saturated heterocycles. The Hall–Kier alpha value is -7.63. The molecule has 0 atom stereocenters. The van der Waals surface area contributed by atoms with Gasteiger partial charge in [-0.15, -0.1) is 0 Å². The summed E-state index contributed by atoms with van der Waals surface area (Å²) in [6, 6.07) is 68.6. The fourth-order valence-corrected chi connectivity index (χ4v) is 9.38. The van der Waals surface area contributed by atoms with Gasteiger partial charge in [0.2, 0.25) is 5.95 Å². The maximum Gasteiger partial charge on any atom is 0.238 e. The third-order valence-corrected chi connectivity index (χ3v) is 11.7. The van der Waals surface area contributed by atoms with Crippen molar-refractivity contribution in [2.75, 3.05) is 0 Å². The molecular weight excluding hydrogens is 697 g/mol. The first-order valence-corrected chi connectivity index (χ1v) is 19.3. The Morgan fingerprint density at radius 2 is 1.02 bits per heavy atom. The van der Waals surface area contributed by atoms with Crippen molar-refractivity contribution in [3.63, 3.8) is 0 Å². The van der Waals surface area contributed by atoms with E-state index in [1.165, 1.54) is 33.4 Å². The fourth-order valence-electron chi connectivity index (χ4n) is 9.38. The molecule has 1 aliphatic rings. The van der Waals surface area contributed by atoms with Gasteiger partial charge in [-0.1, -0.05) is 164 Å². The molecule has 0 radical (unpaired) electrons. The van der Waals surface area contributed by atoms with Crippen LogP contribution in [0.2, 0.25) is 0 Å². The Morgan fingerprint density at radius 1 is 0.404 bits per heavy atom. The topological polar surface area (TPSA) is 56.7 Å². The molecule has 0 amide bonds. The molecule has 0 saturated carbocycles. The van der Waals surface area contributed by atoms with Crippen LogP contribution in [0.25, 0.3) is 83.6 Å². The molecule has 5 nitrogen and oxygen atoms in total. The summed E-state index contributed by atoms with van der Waals surface area (Å²) in [5.74, 6) is 1.74. The van der Waals surface area contributed by atoms with E-state index in [9.17, 15) is 0 Å². The SMILES string of the molecule is c1ccc(-c2nc(-c3cccc4oc5ccccc5c34)nc(-n3c4ccccc4c4cc5c(cc43)-c3ccccc3C5(c3ccccc3)c3ccccc3)n2)cc1. The molecule has 3 aromatic heterocycles. The number of hydrogen-bond acceptors (Lipinski definition) is 4. The molecule has 0 fully saturated rings. The number of rotatable bonds is 5. The van der Waals surface area contributed by atoms with Gasteiger partial charge in [-0.05, 0) is 63.7 Å². The van der Waals surface area contributed by atoms with E-state index in [1.807, 2.05) is 48.5 Å². The van der Waals surface area contributed by atoms with Crippen LogP contribution in [0.15, 0.2) is 199 Å². The molecule has 0 aliphatic heterocycles. The first-order valence-electron chi connectivity index (χ1n) is 19.3. The van der Waals surface area contributed by atoms with Crippen molar-refractivity contribution in [2.24, 2.45) is 0 Å². The first-order chi connectivity index (χ1) is 28.3. The van der Waals surface area contributed by atoms with Gasteiger partial charge in [-0.25, -0.2) is 4.98 Å². The van der Waals surface area contributed by atoms with Gasteiger partial charge in [0.1, 0.15) is 11.2 Å². The molecule has 57 heavy (non-hydrogen) atoms. The zero-order valence-electron chi connectivity index (χ0n) is 30.7. The highest BCUT2D eigenvalue weighted by atomic mass is 16.3. The van der Waals surface area contributed by atoms with Gasteiger partial charge < -0.3 is 4.42 Å². The van der Waals surface area contributed by atoms with Gasteiger partial charge in [0, 0.05) is 32.7 Å². The lowest BCUT2D eigenvalue weighted by atomic mass is 9.67. The lowest BCUT2D eigenvalue weighted by Gasteiger charge is -2.33. The van der Waals surface area contributed by atoms with Crippen LogP contribution in [-0.4, -0.2) is 19.5 Å². The fraction of sp³-hybridized carbons (Fsp3) is 0.0192. The third-order valence-electron chi connectivity index (χ3n) is 11.7. The quantitative estimate of drug-likeness (QED) is 0.177. The minimum Gasteiger partial charge on any atom is -0.456 e. The van der Waals surface area contributed by atoms with Crippen LogP contribution in [0, 0.1) is 0 Å². The van der Waals surface area contributed by atoms with E-state index < -0.39 is 5.41 Å². The number of aromatic nitrogens is 4. The third kappa shape index (κ3) is 4.54. The van der Waals surface area contributed by atoms with Crippen LogP contribution in [0.4, 0.5) is 0 Å². The van der Waals surface area contributed by atoms with Crippen LogP contribution in [-0.2, 0) is 5.41 Å². The molecule has 0 bridgehead atoms. The average molecular weight is 729 g/mol. The van der Waals surface area contributed by atoms with Gasteiger partial charge in [0.15, 0.2) is 11.6 Å². The summed E-state index contributed by atoms with van der Waals surface area (Å²) in [6.07, 6.45) is 0. The Morgan fingerprint density at radius 3 is 1.81 bits per heavy atom. The van der Waals surface area contributed by atoms with Gasteiger partial charge >= 0.3 is 0 Å². The number of furan rings is 1. The van der Waals surface area contributed by atoms with E-state index in [2.05, 4.69) is 150 Å². The van der Waals surface area contributed by atoms with Crippen molar-refractivity contribution in [1.82, 2.24) is 19.5 Å². The summed E-state index contributed by atoms with van der Waals surface area (Å²) in [7, 11) is 0. The molecule has 1 aliphatic carbocycles. The predicted molar refractivity (Wildman–Crippen MR) is 230 cm³/mol. The minimum atomic E-state index is -0.515. The van der Waals surface area contributed by atoms with E-state index in [4.69, 9.17) is 19.4 Å². The van der Waals surface area contributed by atoms with Crippen molar-refractivity contribution < 1.29 is 4.42 Å². The average Bonchev–Trinajstić information content (AvgIpc) is 3.92. The first kappa shape index (κ1) is 31.7. The van der Waals surface area contributed by atoms with Crippen molar-refractivity contribution in [2.45, 2.75) is 5.41 Å². The molecule has 0 spiro atoms. The van der Waals surface area contributed by atoms with Gasteiger partial charge in [-0.2, -0.15) is 9.97 Å². The molecule has 12 rings (SSSR count). The highest BCUT2D eigenvalue weighted by molar-refractivity contribution is 6.13. The summed E-state index contributed by atoms with van der Waals surface area (Å²) in [4.78, 5) is 15.8. The number of hydrogen-bond donors (Lipinski definition) is 0. The maximum absolute atomic E-state index is 6.32. The van der Waals surface area contributed by atoms with E-state index in [1.54, 1.807) is 0 Å². The Labute approximate surface area is 328 Å². The van der Waals surface area contributed by atoms with Crippen LogP contribution in [0.5, 0.6) is 0 Å². The zero-order valence-corrected chi connectivity index (χ0v) is 30.7. The summed E-state index contributed by atoms with van der Waals surface area (Å²) >= 11 is 0. The van der Waals surface area contributed by atoms with E-state index in [0.29, 0.717) is 17.6 Å². The van der Waals surface area contributed by atoms with Crippen LogP contribution in [0.1, 0.15) is 22.3 Å². The second-order valence-electron chi connectivity index (χ2n) is 14.7. The molecule has 266 valence electrons. The number of para-hydroxylation sites is 2. The van der Waals surface area contributed by atoms with Crippen molar-refractivity contribution >= 4 is 43.7 Å². The predicted octanol–water partition coefficient (Wildman–Crippen LogP) is 12.6. The summed E-state index contributed by atoms with van der Waals surface area (Å²) in [6.45, 7) is 0. The summed E-state index contributed by atoms with van der Waals surface area (Å²) < 4.78 is 8.55. The smallest absolute Gasteiger partial charge is 0.238 e. The second-order valence-corrected chi connectivity index (χ2v) is 14.7. The molecule has 8 aromatic carbocycles. The molecule has 11 aromatic rings. The highest BCUT2D eigenvalue weighted by Gasteiger charge is 2.46.